The number of fused-ring (bicyclic) bond motifs is 3. The Balaban J connectivity index is 2.20. The lowest BCUT2D eigenvalue weighted by Gasteiger charge is -2.26. The minimum Gasteiger partial charge on any atom is -0.375 e. The van der Waals surface area contributed by atoms with E-state index in [1.54, 1.807) is 6.20 Å². The minimum absolute atomic E-state index is 0.432. The van der Waals surface area contributed by atoms with Crippen molar-refractivity contribution in [1.82, 2.24) is 14.6 Å². The first-order valence-corrected chi connectivity index (χ1v) is 7.85. The minimum atomic E-state index is 0.432. The molecule has 1 unspecified atom stereocenters. The predicted molar refractivity (Wildman–Crippen MR) is 83.8 cm³/mol. The fourth-order valence-electron chi connectivity index (χ4n) is 2.99. The molecule has 3 rings (SSSR count). The van der Waals surface area contributed by atoms with E-state index < -0.39 is 0 Å². The lowest BCUT2D eigenvalue weighted by Crippen LogP contribution is -2.32. The molecule has 0 spiro atoms. The molecule has 1 atom stereocenters. The van der Waals surface area contributed by atoms with Crippen molar-refractivity contribution in [2.45, 2.75) is 46.3 Å². The first-order chi connectivity index (χ1) is 10.7. The van der Waals surface area contributed by atoms with Crippen molar-refractivity contribution in [3.8, 4) is 6.07 Å². The van der Waals surface area contributed by atoms with E-state index in [4.69, 9.17) is 4.74 Å². The molecular weight excluding hydrogens is 278 g/mol. The number of nitrogens with zero attached hydrogens (tertiary/aromatic N) is 5. The van der Waals surface area contributed by atoms with Gasteiger partial charge in [-0.15, -0.1) is 0 Å². The van der Waals surface area contributed by atoms with Gasteiger partial charge in [0.15, 0.2) is 5.65 Å². The fraction of sp³-hybridized carbons (Fsp3) is 0.562. The molecule has 3 heterocycles. The standard InChI is InChI=1S/C16H21N5O/c1-4-11(3)20-7-6-13-14(10-22-5-2)19-15-12(8-17)9-18-21(15)16(13)20/h9,11H,4-7,10H2,1-3H3. The number of ether oxygens (including phenoxy) is 1. The van der Waals surface area contributed by atoms with E-state index in [-0.39, 0.29) is 0 Å². The molecule has 1 aliphatic heterocycles. The second kappa shape index (κ2) is 5.93. The Morgan fingerprint density at radius 3 is 2.95 bits per heavy atom. The van der Waals surface area contributed by atoms with Crippen LogP contribution in [0.4, 0.5) is 5.82 Å². The van der Waals surface area contributed by atoms with Gasteiger partial charge in [0.1, 0.15) is 17.5 Å². The predicted octanol–water partition coefficient (Wildman–Crippen LogP) is 2.30. The van der Waals surface area contributed by atoms with Gasteiger partial charge in [0.25, 0.3) is 0 Å². The highest BCUT2D eigenvalue weighted by atomic mass is 16.5. The molecule has 1 aliphatic rings. The molecule has 0 amide bonds. The van der Waals surface area contributed by atoms with Gasteiger partial charge in [0.2, 0.25) is 0 Å². The van der Waals surface area contributed by atoms with E-state index in [0.29, 0.717) is 30.5 Å². The Hall–Kier alpha value is -2.13. The SMILES string of the molecule is CCOCc1nc2c(C#N)cnn2c2c1CCN2C(C)CC. The number of aromatic nitrogens is 3. The third-order valence-corrected chi connectivity index (χ3v) is 4.36. The molecular formula is C16H21N5O. The Morgan fingerprint density at radius 1 is 1.45 bits per heavy atom. The summed E-state index contributed by atoms with van der Waals surface area (Å²) in [6.07, 6.45) is 3.61. The van der Waals surface area contributed by atoms with Crippen molar-refractivity contribution < 1.29 is 4.74 Å². The summed E-state index contributed by atoms with van der Waals surface area (Å²) >= 11 is 0. The van der Waals surface area contributed by atoms with Gasteiger partial charge in [-0.1, -0.05) is 6.92 Å². The van der Waals surface area contributed by atoms with Crippen molar-refractivity contribution in [1.29, 1.82) is 5.26 Å². The number of hydrogen-bond donors (Lipinski definition) is 0. The first-order valence-electron chi connectivity index (χ1n) is 7.85. The smallest absolute Gasteiger partial charge is 0.175 e. The Bertz CT molecular complexity index is 730. The molecule has 6 nitrogen and oxygen atoms in total. The Kier molecular flexibility index (Phi) is 3.99. The number of rotatable bonds is 5. The molecule has 0 saturated heterocycles. The Morgan fingerprint density at radius 2 is 2.27 bits per heavy atom. The normalized spacial score (nSPS) is 15.1. The summed E-state index contributed by atoms with van der Waals surface area (Å²) in [5.41, 5.74) is 3.28. The molecule has 0 aliphatic carbocycles. The van der Waals surface area contributed by atoms with Crippen LogP contribution < -0.4 is 4.90 Å². The van der Waals surface area contributed by atoms with Gasteiger partial charge in [0.05, 0.1) is 18.5 Å². The fourth-order valence-corrected chi connectivity index (χ4v) is 2.99. The summed E-state index contributed by atoms with van der Waals surface area (Å²) in [5.74, 6) is 1.08. The number of anilines is 1. The molecule has 0 radical (unpaired) electrons. The lowest BCUT2D eigenvalue weighted by molar-refractivity contribution is 0.131. The van der Waals surface area contributed by atoms with E-state index >= 15 is 0 Å². The van der Waals surface area contributed by atoms with Crippen LogP contribution in [0.1, 0.15) is 44.0 Å². The third kappa shape index (κ3) is 2.22. The van der Waals surface area contributed by atoms with Crippen molar-refractivity contribution in [2.24, 2.45) is 0 Å². The summed E-state index contributed by atoms with van der Waals surface area (Å²) in [4.78, 5) is 7.03. The van der Waals surface area contributed by atoms with Crippen molar-refractivity contribution in [2.75, 3.05) is 18.1 Å². The van der Waals surface area contributed by atoms with Gasteiger partial charge in [-0.2, -0.15) is 14.9 Å². The van der Waals surface area contributed by atoms with Gasteiger partial charge in [-0.25, -0.2) is 4.98 Å². The lowest BCUT2D eigenvalue weighted by atomic mass is 10.2. The van der Waals surface area contributed by atoms with Gasteiger partial charge in [0, 0.05) is 24.8 Å². The molecule has 0 fully saturated rings. The van der Waals surface area contributed by atoms with Gasteiger partial charge in [-0.3, -0.25) is 0 Å². The number of nitriles is 1. The molecule has 22 heavy (non-hydrogen) atoms. The highest BCUT2D eigenvalue weighted by Crippen LogP contribution is 2.33. The average Bonchev–Trinajstić information content (AvgIpc) is 3.15. The van der Waals surface area contributed by atoms with Crippen LogP contribution in [0.3, 0.4) is 0 Å². The van der Waals surface area contributed by atoms with Crippen LogP contribution in [0.2, 0.25) is 0 Å². The maximum atomic E-state index is 9.27. The van der Waals surface area contributed by atoms with Crippen molar-refractivity contribution in [3.63, 3.8) is 0 Å². The van der Waals surface area contributed by atoms with Crippen LogP contribution in [0, 0.1) is 11.3 Å². The molecule has 6 heteroatoms. The second-order valence-electron chi connectivity index (χ2n) is 5.60. The molecule has 0 bridgehead atoms. The van der Waals surface area contributed by atoms with Crippen LogP contribution in [0.25, 0.3) is 5.65 Å². The zero-order valence-electron chi connectivity index (χ0n) is 13.3. The molecule has 2 aromatic rings. The molecule has 0 aromatic carbocycles. The quantitative estimate of drug-likeness (QED) is 0.847. The van der Waals surface area contributed by atoms with Gasteiger partial charge >= 0.3 is 0 Å². The number of hydrogen-bond acceptors (Lipinski definition) is 5. The van der Waals surface area contributed by atoms with E-state index in [1.165, 1.54) is 5.56 Å². The largest absolute Gasteiger partial charge is 0.375 e. The summed E-state index contributed by atoms with van der Waals surface area (Å²) in [6, 6.07) is 2.61. The monoisotopic (exact) mass is 299 g/mol. The zero-order chi connectivity index (χ0) is 15.7. The topological polar surface area (TPSA) is 66.4 Å². The van der Waals surface area contributed by atoms with Crippen molar-refractivity contribution in [3.05, 3.63) is 23.0 Å². The van der Waals surface area contributed by atoms with E-state index in [0.717, 1.165) is 30.9 Å². The van der Waals surface area contributed by atoms with E-state index in [9.17, 15) is 5.26 Å². The maximum Gasteiger partial charge on any atom is 0.175 e. The molecule has 116 valence electrons. The molecule has 0 saturated carbocycles. The summed E-state index contributed by atoms with van der Waals surface area (Å²) in [6.45, 7) is 8.49. The van der Waals surface area contributed by atoms with Crippen molar-refractivity contribution >= 4 is 11.5 Å². The summed E-state index contributed by atoms with van der Waals surface area (Å²) < 4.78 is 7.39. The van der Waals surface area contributed by atoms with E-state index in [2.05, 4.69) is 34.9 Å². The summed E-state index contributed by atoms with van der Waals surface area (Å²) in [7, 11) is 0. The Labute approximate surface area is 130 Å². The van der Waals surface area contributed by atoms with Crippen LogP contribution in [-0.2, 0) is 17.8 Å². The zero-order valence-corrected chi connectivity index (χ0v) is 13.3. The van der Waals surface area contributed by atoms with E-state index in [1.807, 2.05) is 11.4 Å². The first kappa shape index (κ1) is 14.8. The highest BCUT2D eigenvalue weighted by Gasteiger charge is 2.30. The van der Waals surface area contributed by atoms with Crippen LogP contribution in [-0.4, -0.2) is 33.8 Å². The average molecular weight is 299 g/mol. The van der Waals surface area contributed by atoms with Gasteiger partial charge < -0.3 is 9.64 Å². The second-order valence-corrected chi connectivity index (χ2v) is 5.60. The van der Waals surface area contributed by atoms with Crippen LogP contribution in [0.15, 0.2) is 6.20 Å². The third-order valence-electron chi connectivity index (χ3n) is 4.36. The van der Waals surface area contributed by atoms with Crippen LogP contribution >= 0.6 is 0 Å². The highest BCUT2D eigenvalue weighted by molar-refractivity contribution is 5.65. The van der Waals surface area contributed by atoms with Gasteiger partial charge in [-0.05, 0) is 26.7 Å². The maximum absolute atomic E-state index is 9.27. The van der Waals surface area contributed by atoms with Crippen LogP contribution in [0.5, 0.6) is 0 Å². The molecule has 2 aromatic heterocycles. The summed E-state index contributed by atoms with van der Waals surface area (Å²) in [5, 5.41) is 13.7. The molecule has 0 N–H and O–H groups in total.